The number of hydrogen-bond acceptors (Lipinski definition) is 9. The summed E-state index contributed by atoms with van der Waals surface area (Å²) >= 11 is 0. The lowest BCUT2D eigenvalue weighted by molar-refractivity contribution is -0.273. The molecule has 3 aromatic carbocycles. The highest BCUT2D eigenvalue weighted by atomic mass is 16.7. The van der Waals surface area contributed by atoms with Crippen molar-refractivity contribution >= 4 is 23.9 Å². The molecule has 1 aliphatic carbocycles. The summed E-state index contributed by atoms with van der Waals surface area (Å²) in [5.74, 6) is -2.72. The molecule has 3 aromatic rings. The van der Waals surface area contributed by atoms with Crippen molar-refractivity contribution in [1.29, 1.82) is 0 Å². The minimum atomic E-state index is -1.90. The average molecular weight is 581 g/mol. The van der Waals surface area contributed by atoms with Crippen molar-refractivity contribution in [3.63, 3.8) is 0 Å². The maximum absolute atomic E-state index is 14.7. The topological polar surface area (TPSA) is 104 Å². The molecule has 0 amide bonds. The molecule has 0 N–H and O–H groups in total. The fraction of sp³-hybridized carbons (Fsp3) is 0.353. The van der Waals surface area contributed by atoms with Crippen LogP contribution in [-0.2, 0) is 19.1 Å². The van der Waals surface area contributed by atoms with E-state index in [1.54, 1.807) is 74.0 Å². The van der Waals surface area contributed by atoms with Gasteiger partial charge in [-0.25, -0.2) is 0 Å². The van der Waals surface area contributed by atoms with Gasteiger partial charge in [0, 0.05) is 24.3 Å². The van der Waals surface area contributed by atoms with Crippen LogP contribution in [0.4, 0.5) is 0 Å². The molecule has 3 atom stereocenters. The van der Waals surface area contributed by atoms with Gasteiger partial charge in [-0.1, -0.05) is 42.8 Å². The number of ether oxygens (including phenoxy) is 4. The number of Topliss-reactive ketones (excluding diaryl/α,β-unsaturated/α-hetero) is 1. The summed E-state index contributed by atoms with van der Waals surface area (Å²) in [6.45, 7) is 0. The Morgan fingerprint density at radius 1 is 0.837 bits per heavy atom. The van der Waals surface area contributed by atoms with Crippen LogP contribution in [0.15, 0.2) is 77.9 Å². The molecular weight excluding hydrogens is 548 g/mol. The number of benzene rings is 3. The van der Waals surface area contributed by atoms with Crippen LogP contribution in [-0.4, -0.2) is 55.0 Å². The molecule has 0 radical (unpaired) electrons. The van der Waals surface area contributed by atoms with Crippen molar-refractivity contribution in [3.8, 4) is 11.5 Å². The quantitative estimate of drug-likeness (QED) is 0.231. The second-order valence-electron chi connectivity index (χ2n) is 11.6. The first-order valence-corrected chi connectivity index (χ1v) is 14.6. The predicted molar refractivity (Wildman–Crippen MR) is 156 cm³/mol. The van der Waals surface area contributed by atoms with E-state index in [2.05, 4.69) is 0 Å². The monoisotopic (exact) mass is 580 g/mol. The lowest BCUT2D eigenvalue weighted by Crippen LogP contribution is -2.60. The Hall–Kier alpha value is -4.66. The van der Waals surface area contributed by atoms with Gasteiger partial charge in [-0.3, -0.25) is 19.4 Å². The summed E-state index contributed by atoms with van der Waals surface area (Å²) < 4.78 is 23.2. The van der Waals surface area contributed by atoms with Crippen LogP contribution in [0.1, 0.15) is 71.1 Å². The summed E-state index contributed by atoms with van der Waals surface area (Å²) in [6.07, 6.45) is 5.13. The molecule has 3 heterocycles. The van der Waals surface area contributed by atoms with Gasteiger partial charge in [0.15, 0.2) is 5.78 Å². The molecular formula is C34H32N2O7. The predicted octanol–water partition coefficient (Wildman–Crippen LogP) is 5.19. The number of esters is 2. The average Bonchev–Trinajstić information content (AvgIpc) is 3.36. The number of fused-ring (bicyclic) bond motifs is 4. The summed E-state index contributed by atoms with van der Waals surface area (Å²) in [5.41, 5.74) is 0.554. The first kappa shape index (κ1) is 27.2. The van der Waals surface area contributed by atoms with Gasteiger partial charge in [-0.15, -0.1) is 0 Å². The van der Waals surface area contributed by atoms with Gasteiger partial charge in [0.1, 0.15) is 23.6 Å². The normalized spacial score (nSPS) is 24.6. The van der Waals surface area contributed by atoms with E-state index in [-0.39, 0.29) is 5.78 Å². The molecule has 1 saturated carbocycles. The van der Waals surface area contributed by atoms with Crippen LogP contribution in [0, 0.1) is 5.41 Å². The van der Waals surface area contributed by atoms with Gasteiger partial charge in [0.05, 0.1) is 20.4 Å². The van der Waals surface area contributed by atoms with Crippen molar-refractivity contribution in [3.05, 3.63) is 95.1 Å². The molecule has 0 bridgehead atoms. The second kappa shape index (κ2) is 10.3. The molecule has 4 aliphatic rings. The number of hydrazone groups is 1. The Morgan fingerprint density at radius 2 is 1.44 bits per heavy atom. The fourth-order valence-electron chi connectivity index (χ4n) is 7.31. The smallest absolute Gasteiger partial charge is 0.330 e. The highest BCUT2D eigenvalue weighted by Gasteiger charge is 2.75. The van der Waals surface area contributed by atoms with E-state index < -0.39 is 41.1 Å². The lowest BCUT2D eigenvalue weighted by atomic mass is 9.65. The van der Waals surface area contributed by atoms with E-state index >= 15 is 0 Å². The van der Waals surface area contributed by atoms with E-state index in [1.807, 2.05) is 24.3 Å². The molecule has 0 aromatic heterocycles. The summed E-state index contributed by atoms with van der Waals surface area (Å²) in [7, 11) is 3.12. The van der Waals surface area contributed by atoms with E-state index in [1.165, 1.54) is 0 Å². The number of carbonyl (C=O) groups excluding carboxylic acids is 3. The number of carbonyl (C=O) groups is 3. The van der Waals surface area contributed by atoms with Crippen molar-refractivity contribution < 1.29 is 33.3 Å². The second-order valence-corrected chi connectivity index (χ2v) is 11.6. The third-order valence-corrected chi connectivity index (χ3v) is 9.37. The molecule has 9 heteroatoms. The molecule has 0 unspecified atom stereocenters. The first-order valence-electron chi connectivity index (χ1n) is 14.6. The zero-order chi connectivity index (χ0) is 29.8. The Bertz CT molecular complexity index is 1590. The first-order chi connectivity index (χ1) is 20.9. The number of nitrogens with zero attached hydrogens (tertiary/aromatic N) is 2. The molecule has 2 saturated heterocycles. The Labute approximate surface area is 249 Å². The van der Waals surface area contributed by atoms with E-state index in [4.69, 9.17) is 24.0 Å². The molecule has 9 nitrogen and oxygen atoms in total. The van der Waals surface area contributed by atoms with Gasteiger partial charge in [-0.05, 0) is 65.9 Å². The standard InChI is InChI=1S/C34H32N2O7/c1-40-24-14-10-21(11-15-24)27-28(29(37)22-12-16-25(41-2)17-13-22)36-30(26-9-5-4-8-23(26)20-35-36)34(27)31(38)42-33(43-32(34)39)18-6-3-7-19-33/h4-5,8-17,20,27-28,30H,3,6-7,18-19H2,1-2H3/t27-,28+,30-/m1/s1. The van der Waals surface area contributed by atoms with Gasteiger partial charge in [0.2, 0.25) is 5.41 Å². The SMILES string of the molecule is COc1ccc(C(=O)[C@@H]2[C@@H](c3ccc(OC)cc3)C3(C(=O)OC4(CCCCC4)OC3=O)[C@H]3c4ccccc4C=NN23)cc1. The van der Waals surface area contributed by atoms with E-state index in [9.17, 15) is 14.4 Å². The summed E-state index contributed by atoms with van der Waals surface area (Å²) in [6, 6.07) is 19.4. The fourth-order valence-corrected chi connectivity index (χ4v) is 7.31. The van der Waals surface area contributed by atoms with Gasteiger partial charge < -0.3 is 18.9 Å². The third-order valence-electron chi connectivity index (χ3n) is 9.37. The number of ketones is 1. The maximum Gasteiger partial charge on any atom is 0.330 e. The molecule has 43 heavy (non-hydrogen) atoms. The van der Waals surface area contributed by atoms with Crippen LogP contribution in [0.2, 0.25) is 0 Å². The molecule has 220 valence electrons. The number of hydrogen-bond donors (Lipinski definition) is 0. The minimum Gasteiger partial charge on any atom is -0.497 e. The van der Waals surface area contributed by atoms with E-state index in [0.29, 0.717) is 41.0 Å². The van der Waals surface area contributed by atoms with Gasteiger partial charge in [-0.2, -0.15) is 5.10 Å². The molecule has 3 fully saturated rings. The molecule has 2 spiro atoms. The highest BCUT2D eigenvalue weighted by Crippen LogP contribution is 2.63. The Morgan fingerprint density at radius 3 is 2.07 bits per heavy atom. The Kier molecular flexibility index (Phi) is 6.49. The van der Waals surface area contributed by atoms with Crippen molar-refractivity contribution in [2.45, 2.75) is 55.9 Å². The summed E-state index contributed by atoms with van der Waals surface area (Å²) in [5, 5.41) is 6.37. The number of methoxy groups -OCH3 is 2. The van der Waals surface area contributed by atoms with Crippen molar-refractivity contribution in [1.82, 2.24) is 5.01 Å². The van der Waals surface area contributed by atoms with E-state index in [0.717, 1.165) is 24.8 Å². The number of rotatable bonds is 5. The van der Waals surface area contributed by atoms with Crippen LogP contribution >= 0.6 is 0 Å². The van der Waals surface area contributed by atoms with Crippen LogP contribution in [0.3, 0.4) is 0 Å². The van der Waals surface area contributed by atoms with Crippen molar-refractivity contribution in [2.24, 2.45) is 10.5 Å². The van der Waals surface area contributed by atoms with Crippen LogP contribution < -0.4 is 9.47 Å². The van der Waals surface area contributed by atoms with Crippen LogP contribution in [0.25, 0.3) is 0 Å². The minimum absolute atomic E-state index is 0.291. The molecule has 7 rings (SSSR count). The van der Waals surface area contributed by atoms with Gasteiger partial charge >= 0.3 is 11.9 Å². The zero-order valence-corrected chi connectivity index (χ0v) is 24.0. The lowest BCUT2D eigenvalue weighted by Gasteiger charge is -2.47. The van der Waals surface area contributed by atoms with Gasteiger partial charge in [0.25, 0.3) is 5.79 Å². The summed E-state index contributed by atoms with van der Waals surface area (Å²) in [4.78, 5) is 44.0. The van der Waals surface area contributed by atoms with Crippen molar-refractivity contribution in [2.75, 3.05) is 14.2 Å². The zero-order valence-electron chi connectivity index (χ0n) is 24.0. The highest BCUT2D eigenvalue weighted by molar-refractivity contribution is 6.09. The maximum atomic E-state index is 14.7. The Balaban J connectivity index is 1.46. The molecule has 3 aliphatic heterocycles. The third kappa shape index (κ3) is 4.05. The largest absolute Gasteiger partial charge is 0.497 e. The van der Waals surface area contributed by atoms with Crippen LogP contribution in [0.5, 0.6) is 11.5 Å².